The Balaban J connectivity index is 0.00000225. The number of nitrogen functional groups attached to an aromatic ring is 1. The molecule has 0 radical (unpaired) electrons. The van der Waals surface area contributed by atoms with E-state index in [1.54, 1.807) is 35.2 Å². The quantitative estimate of drug-likeness (QED) is 0.771. The van der Waals surface area contributed by atoms with E-state index in [2.05, 4.69) is 0 Å². The first-order valence-electron chi connectivity index (χ1n) is 7.29. The maximum atomic E-state index is 12.6. The molecule has 0 spiro atoms. The van der Waals surface area contributed by atoms with Crippen LogP contribution in [0.3, 0.4) is 0 Å². The Hall–Kier alpha value is -1.32. The van der Waals surface area contributed by atoms with Crippen molar-refractivity contribution in [2.24, 2.45) is 0 Å². The van der Waals surface area contributed by atoms with Gasteiger partial charge < -0.3 is 10.6 Å². The van der Waals surface area contributed by atoms with Gasteiger partial charge in [-0.1, -0.05) is 23.7 Å². The Morgan fingerprint density at radius 2 is 1.72 bits per heavy atom. The molecule has 2 heterocycles. The Kier molecular flexibility index (Phi) is 6.34. The first-order chi connectivity index (χ1) is 11.4. The third-order valence-electron chi connectivity index (χ3n) is 3.86. The largest absolute Gasteiger partial charge is 0.398 e. The van der Waals surface area contributed by atoms with E-state index in [-0.39, 0.29) is 35.6 Å². The lowest BCUT2D eigenvalue weighted by Crippen LogP contribution is -2.50. The van der Waals surface area contributed by atoms with Crippen LogP contribution in [-0.2, 0) is 10.0 Å². The zero-order valence-corrected chi connectivity index (χ0v) is 16.3. The van der Waals surface area contributed by atoms with Gasteiger partial charge in [-0.2, -0.15) is 4.31 Å². The molecule has 1 fully saturated rings. The van der Waals surface area contributed by atoms with Gasteiger partial charge in [0.1, 0.15) is 4.21 Å². The van der Waals surface area contributed by atoms with Crippen LogP contribution in [0, 0.1) is 0 Å². The molecule has 1 aliphatic heterocycles. The van der Waals surface area contributed by atoms with Crippen molar-refractivity contribution in [1.29, 1.82) is 0 Å². The van der Waals surface area contributed by atoms with Crippen molar-refractivity contribution in [1.82, 2.24) is 9.21 Å². The van der Waals surface area contributed by atoms with Gasteiger partial charge in [0.25, 0.3) is 15.9 Å². The fourth-order valence-electron chi connectivity index (χ4n) is 2.56. The van der Waals surface area contributed by atoms with Crippen molar-refractivity contribution in [2.45, 2.75) is 4.21 Å². The molecule has 1 saturated heterocycles. The molecule has 0 saturated carbocycles. The number of hydrogen-bond donors (Lipinski definition) is 1. The highest BCUT2D eigenvalue weighted by molar-refractivity contribution is 7.91. The predicted octanol–water partition coefficient (Wildman–Crippen LogP) is 2.55. The number of rotatable bonds is 3. The molecule has 6 nitrogen and oxygen atoms in total. The zero-order valence-electron chi connectivity index (χ0n) is 13.1. The minimum Gasteiger partial charge on any atom is -0.398 e. The van der Waals surface area contributed by atoms with E-state index >= 15 is 0 Å². The van der Waals surface area contributed by atoms with Crippen LogP contribution in [0.25, 0.3) is 0 Å². The summed E-state index contributed by atoms with van der Waals surface area (Å²) in [5.41, 5.74) is 6.70. The summed E-state index contributed by atoms with van der Waals surface area (Å²) in [6.07, 6.45) is 0. The number of nitrogens with two attached hydrogens (primary N) is 1. The molecule has 2 aromatic rings. The third kappa shape index (κ3) is 4.09. The number of halogens is 2. The average Bonchev–Trinajstić information content (AvgIpc) is 3.02. The van der Waals surface area contributed by atoms with E-state index < -0.39 is 10.0 Å². The minimum atomic E-state index is -3.56. The Morgan fingerprint density at radius 3 is 2.28 bits per heavy atom. The molecule has 1 aliphatic rings. The maximum Gasteiger partial charge on any atom is 0.256 e. The number of hydrogen-bond acceptors (Lipinski definition) is 5. The topological polar surface area (TPSA) is 83.7 Å². The van der Waals surface area contributed by atoms with Gasteiger partial charge in [0, 0.05) is 31.9 Å². The SMILES string of the molecule is Cl.Nc1ccccc1C(=O)N1CCN(S(=O)(=O)c2ccc(Cl)s2)CC1. The Bertz CT molecular complexity index is 862. The van der Waals surface area contributed by atoms with Gasteiger partial charge in [-0.25, -0.2) is 8.42 Å². The molecule has 0 aliphatic carbocycles. The van der Waals surface area contributed by atoms with Crippen LogP contribution in [0.2, 0.25) is 4.34 Å². The summed E-state index contributed by atoms with van der Waals surface area (Å²) in [6, 6.07) is 9.94. The van der Waals surface area contributed by atoms with Gasteiger partial charge in [0.05, 0.1) is 9.90 Å². The number of thiophene rings is 1. The van der Waals surface area contributed by atoms with E-state index in [1.165, 1.54) is 10.4 Å². The molecule has 2 N–H and O–H groups in total. The fraction of sp³-hybridized carbons (Fsp3) is 0.267. The van der Waals surface area contributed by atoms with Gasteiger partial charge in [-0.15, -0.1) is 23.7 Å². The number of para-hydroxylation sites is 1. The fourth-order valence-corrected chi connectivity index (χ4v) is 5.62. The third-order valence-corrected chi connectivity index (χ3v) is 7.46. The van der Waals surface area contributed by atoms with Gasteiger partial charge in [-0.3, -0.25) is 4.79 Å². The van der Waals surface area contributed by atoms with E-state index in [1.807, 2.05) is 0 Å². The van der Waals surface area contributed by atoms with Crippen LogP contribution in [0.5, 0.6) is 0 Å². The maximum absolute atomic E-state index is 12.6. The first-order valence-corrected chi connectivity index (χ1v) is 9.92. The van der Waals surface area contributed by atoms with Crippen LogP contribution in [0.4, 0.5) is 5.69 Å². The summed E-state index contributed by atoms with van der Waals surface area (Å²) >= 11 is 6.86. The lowest BCUT2D eigenvalue weighted by molar-refractivity contribution is 0.0699. The standard InChI is InChI=1S/C15H16ClN3O3S2.ClH/c16-13-5-6-14(23-13)24(21,22)19-9-7-18(8-10-19)15(20)11-3-1-2-4-12(11)17;/h1-6H,7-10,17H2;1H. The monoisotopic (exact) mass is 421 g/mol. The molecule has 3 rings (SSSR count). The summed E-state index contributed by atoms with van der Waals surface area (Å²) < 4.78 is 27.1. The number of carbonyl (C=O) groups excluding carboxylic acids is 1. The van der Waals surface area contributed by atoms with Gasteiger partial charge in [0.2, 0.25) is 0 Å². The number of sulfonamides is 1. The molecule has 1 amide bonds. The molecule has 1 aromatic heterocycles. The second kappa shape index (κ2) is 7.92. The second-order valence-corrected chi connectivity index (χ2v) is 9.22. The summed E-state index contributed by atoms with van der Waals surface area (Å²) in [4.78, 5) is 14.1. The molecule has 0 atom stereocenters. The predicted molar refractivity (Wildman–Crippen MR) is 102 cm³/mol. The second-order valence-electron chi connectivity index (χ2n) is 5.34. The van der Waals surface area contributed by atoms with Crippen LogP contribution < -0.4 is 5.73 Å². The lowest BCUT2D eigenvalue weighted by atomic mass is 10.1. The van der Waals surface area contributed by atoms with Gasteiger partial charge in [0.15, 0.2) is 0 Å². The van der Waals surface area contributed by atoms with Crippen molar-refractivity contribution in [3.05, 3.63) is 46.3 Å². The molecule has 25 heavy (non-hydrogen) atoms. The van der Waals surface area contributed by atoms with Crippen LogP contribution in [0.15, 0.2) is 40.6 Å². The first kappa shape index (κ1) is 20.0. The summed E-state index contributed by atoms with van der Waals surface area (Å²) in [5.74, 6) is -0.177. The molecular formula is C15H17Cl2N3O3S2. The normalized spacial score (nSPS) is 15.6. The van der Waals surface area contributed by atoms with Crippen molar-refractivity contribution in [2.75, 3.05) is 31.9 Å². The molecule has 0 bridgehead atoms. The highest BCUT2D eigenvalue weighted by Gasteiger charge is 2.31. The summed E-state index contributed by atoms with van der Waals surface area (Å²) in [5, 5.41) is 0. The minimum absolute atomic E-state index is 0. The van der Waals surface area contributed by atoms with E-state index in [0.717, 1.165) is 11.3 Å². The summed E-state index contributed by atoms with van der Waals surface area (Å²) in [6.45, 7) is 1.14. The van der Waals surface area contributed by atoms with Crippen molar-refractivity contribution >= 4 is 57.0 Å². The highest BCUT2D eigenvalue weighted by Crippen LogP contribution is 2.28. The van der Waals surface area contributed by atoms with E-state index in [4.69, 9.17) is 17.3 Å². The van der Waals surface area contributed by atoms with Crippen LogP contribution in [0.1, 0.15) is 10.4 Å². The molecule has 1 aromatic carbocycles. The smallest absolute Gasteiger partial charge is 0.256 e. The number of carbonyl (C=O) groups is 1. The Labute approximate surface area is 161 Å². The highest BCUT2D eigenvalue weighted by atomic mass is 35.5. The van der Waals surface area contributed by atoms with Crippen LogP contribution >= 0.6 is 35.3 Å². The number of amides is 1. The molecular weight excluding hydrogens is 405 g/mol. The lowest BCUT2D eigenvalue weighted by Gasteiger charge is -2.33. The van der Waals surface area contributed by atoms with Crippen molar-refractivity contribution < 1.29 is 13.2 Å². The zero-order chi connectivity index (χ0) is 17.3. The number of anilines is 1. The Morgan fingerprint density at radius 1 is 1.08 bits per heavy atom. The summed E-state index contributed by atoms with van der Waals surface area (Å²) in [7, 11) is -3.56. The molecule has 136 valence electrons. The van der Waals surface area contributed by atoms with Gasteiger partial charge in [-0.05, 0) is 24.3 Å². The van der Waals surface area contributed by atoms with E-state index in [9.17, 15) is 13.2 Å². The number of nitrogens with zero attached hydrogens (tertiary/aromatic N) is 2. The van der Waals surface area contributed by atoms with Crippen molar-refractivity contribution in [3.8, 4) is 0 Å². The molecule has 10 heteroatoms. The van der Waals surface area contributed by atoms with Crippen LogP contribution in [-0.4, -0.2) is 49.7 Å². The van der Waals surface area contributed by atoms with Gasteiger partial charge >= 0.3 is 0 Å². The van der Waals surface area contributed by atoms with Crippen molar-refractivity contribution in [3.63, 3.8) is 0 Å². The molecule has 0 unspecified atom stereocenters. The number of piperazine rings is 1. The average molecular weight is 422 g/mol. The van der Waals surface area contributed by atoms with E-state index in [0.29, 0.717) is 28.7 Å². The number of benzene rings is 1.